The van der Waals surface area contributed by atoms with Gasteiger partial charge in [0.25, 0.3) is 0 Å². The van der Waals surface area contributed by atoms with Crippen LogP contribution in [0.4, 0.5) is 0 Å². The zero-order valence-corrected chi connectivity index (χ0v) is 10.7. The number of hydrogen-bond acceptors (Lipinski definition) is 4. The quantitative estimate of drug-likeness (QED) is 0.433. The van der Waals surface area contributed by atoms with Crippen molar-refractivity contribution in [1.29, 1.82) is 0 Å². The van der Waals surface area contributed by atoms with E-state index in [4.69, 9.17) is 5.11 Å². The van der Waals surface area contributed by atoms with Gasteiger partial charge >= 0.3 is 23.1 Å². The van der Waals surface area contributed by atoms with E-state index < -0.39 is 5.17 Å². The van der Waals surface area contributed by atoms with E-state index in [9.17, 15) is 5.11 Å². The molecule has 1 unspecified atom stereocenters. The number of hydrogen-bond donors (Lipinski definition) is 2. The van der Waals surface area contributed by atoms with E-state index in [1.165, 1.54) is 0 Å². The minimum atomic E-state index is -0.750. The van der Waals surface area contributed by atoms with Gasteiger partial charge in [-0.2, -0.15) is 0 Å². The van der Waals surface area contributed by atoms with Gasteiger partial charge in [0.2, 0.25) is 0 Å². The van der Waals surface area contributed by atoms with Crippen molar-refractivity contribution in [3.63, 3.8) is 0 Å². The predicted molar refractivity (Wildman–Crippen MR) is 58.0 cm³/mol. The summed E-state index contributed by atoms with van der Waals surface area (Å²) < 4.78 is 0. The maximum Gasteiger partial charge on any atom is 2.00 e. The molecule has 0 bridgehead atoms. The van der Waals surface area contributed by atoms with E-state index in [0.717, 1.165) is 6.42 Å². The minimum Gasteiger partial charge on any atom is -0.852 e. The molecular weight excluding hydrogens is 221 g/mol. The molecule has 1 atom stereocenters. The van der Waals surface area contributed by atoms with Crippen LogP contribution in [0, 0.1) is 0 Å². The first-order chi connectivity index (χ1) is 5.40. The molecule has 0 spiro atoms. The van der Waals surface area contributed by atoms with Gasteiger partial charge in [-0.25, -0.2) is 0 Å². The molecule has 3 N–H and O–H groups in total. The van der Waals surface area contributed by atoms with Crippen molar-refractivity contribution < 1.29 is 10.2 Å². The van der Waals surface area contributed by atoms with Gasteiger partial charge in [0.05, 0.1) is 0 Å². The van der Waals surface area contributed by atoms with Crippen LogP contribution in [0.2, 0.25) is 0 Å². The zero-order chi connectivity index (χ0) is 10.1. The maximum atomic E-state index is 10.1. The summed E-state index contributed by atoms with van der Waals surface area (Å²) >= 11 is 8.03. The molecule has 4 nitrogen and oxygen atoms in total. The third-order valence-corrected chi connectivity index (χ3v) is 1.09. The third-order valence-electron chi connectivity index (χ3n) is 0.977. The van der Waals surface area contributed by atoms with Crippen LogP contribution in [0.3, 0.4) is 0 Å². The molecule has 0 aromatic carbocycles. The summed E-state index contributed by atoms with van der Waals surface area (Å²) in [5.74, 6) is 0. The molecule has 0 rings (SSSR count). The summed E-state index contributed by atoms with van der Waals surface area (Å²) in [7, 11) is 0. The first-order valence-electron chi connectivity index (χ1n) is 3.34. The van der Waals surface area contributed by atoms with E-state index in [0.29, 0.717) is 0 Å². The van der Waals surface area contributed by atoms with Crippen molar-refractivity contribution in [2.45, 2.75) is 26.3 Å². The van der Waals surface area contributed by atoms with Crippen molar-refractivity contribution in [3.8, 4) is 0 Å². The second kappa shape index (κ2) is 12.1. The number of nitrogens with two attached hydrogens (primary N) is 1. The predicted octanol–water partition coefficient (Wildman–Crippen LogP) is -1.77. The number of nitrogens with one attached hydrogen (secondary N) is 1. The fourth-order valence-corrected chi connectivity index (χ4v) is 0.504. The molecule has 0 aliphatic rings. The van der Waals surface area contributed by atoms with Crippen LogP contribution in [0.15, 0.2) is 0 Å². The Morgan fingerprint density at radius 3 is 1.85 bits per heavy atom. The standard InChI is InChI=1S/C5H11NOS.CH3NOS.Mg/c1-3-4(2)6-5(7)8;2-1(3)4;/h4H,3H2,1-2H3,(H2,6,7,8);(H3,2,3,4);/q;;+2/p-2. The van der Waals surface area contributed by atoms with Crippen molar-refractivity contribution in [3.05, 3.63) is 0 Å². The first-order valence-corrected chi connectivity index (χ1v) is 4.15. The Labute approximate surface area is 105 Å². The van der Waals surface area contributed by atoms with Gasteiger partial charge in [0, 0.05) is 16.4 Å². The van der Waals surface area contributed by atoms with Crippen LogP contribution in [-0.2, 0) is 0 Å². The van der Waals surface area contributed by atoms with Crippen molar-refractivity contribution >= 4 is 57.8 Å². The molecule has 0 amide bonds. The Hall–Kier alpha value is 0.146. The number of thiocarbonyl (C=S) groups is 2. The van der Waals surface area contributed by atoms with Gasteiger partial charge in [0.1, 0.15) is 0 Å². The van der Waals surface area contributed by atoms with E-state index in [1.807, 2.05) is 13.8 Å². The van der Waals surface area contributed by atoms with Gasteiger partial charge in [-0.15, -0.1) is 0 Å². The molecule has 0 heterocycles. The molecule has 7 heteroatoms. The zero-order valence-electron chi connectivity index (χ0n) is 7.70. The Kier molecular flexibility index (Phi) is 17.6. The second-order valence-corrected chi connectivity index (χ2v) is 2.83. The van der Waals surface area contributed by atoms with Crippen LogP contribution in [0.1, 0.15) is 20.3 Å². The Morgan fingerprint density at radius 1 is 1.46 bits per heavy atom. The Balaban J connectivity index is -0.000000173. The van der Waals surface area contributed by atoms with Crippen molar-refractivity contribution in [2.75, 3.05) is 0 Å². The second-order valence-electron chi connectivity index (χ2n) is 2.06. The average molecular weight is 233 g/mol. The third kappa shape index (κ3) is 33.1. The summed E-state index contributed by atoms with van der Waals surface area (Å²) in [6.07, 6.45) is 0.933. The van der Waals surface area contributed by atoms with Gasteiger partial charge in [0.15, 0.2) is 0 Å². The van der Waals surface area contributed by atoms with Crippen LogP contribution >= 0.6 is 24.4 Å². The summed E-state index contributed by atoms with van der Waals surface area (Å²) in [6, 6.07) is 0.222. The summed E-state index contributed by atoms with van der Waals surface area (Å²) in [5.41, 5.74) is 4.29. The minimum absolute atomic E-state index is 0. The largest absolute Gasteiger partial charge is 2.00 e. The number of rotatable bonds is 2. The smallest absolute Gasteiger partial charge is 0.852 e. The van der Waals surface area contributed by atoms with Crippen LogP contribution in [0.25, 0.3) is 0 Å². The average Bonchev–Trinajstić information content (AvgIpc) is 1.84. The van der Waals surface area contributed by atoms with E-state index in [1.54, 1.807) is 0 Å². The molecular formula is C6H12MgN2O2S2. The van der Waals surface area contributed by atoms with Crippen LogP contribution < -0.4 is 21.3 Å². The topological polar surface area (TPSA) is 84.2 Å². The molecule has 0 aliphatic heterocycles. The molecule has 0 aromatic rings. The van der Waals surface area contributed by atoms with E-state index in [2.05, 4.69) is 35.5 Å². The molecule has 0 radical (unpaired) electrons. The molecule has 0 fully saturated rings. The van der Waals surface area contributed by atoms with Crippen molar-refractivity contribution in [2.24, 2.45) is 5.73 Å². The molecule has 13 heavy (non-hydrogen) atoms. The van der Waals surface area contributed by atoms with Crippen LogP contribution in [0.5, 0.6) is 0 Å². The molecule has 0 aliphatic carbocycles. The van der Waals surface area contributed by atoms with Gasteiger partial charge in [-0.3, -0.25) is 0 Å². The normalized spacial score (nSPS) is 9.69. The fraction of sp³-hybridized carbons (Fsp3) is 0.667. The first kappa shape index (κ1) is 18.8. The molecule has 72 valence electrons. The fourth-order valence-electron chi connectivity index (χ4n) is 0.303. The Morgan fingerprint density at radius 2 is 1.77 bits per heavy atom. The van der Waals surface area contributed by atoms with Gasteiger partial charge in [-0.1, -0.05) is 31.4 Å². The monoisotopic (exact) mass is 232 g/mol. The summed E-state index contributed by atoms with van der Waals surface area (Å²) in [6.45, 7) is 3.92. The molecule has 0 saturated carbocycles. The van der Waals surface area contributed by atoms with E-state index in [-0.39, 0.29) is 34.3 Å². The summed E-state index contributed by atoms with van der Waals surface area (Å²) in [4.78, 5) is 0. The van der Waals surface area contributed by atoms with Gasteiger partial charge < -0.3 is 21.3 Å². The summed E-state index contributed by atoms with van der Waals surface area (Å²) in [5, 5.41) is 20.6. The molecule has 0 aromatic heterocycles. The molecule has 0 saturated heterocycles. The van der Waals surface area contributed by atoms with Crippen LogP contribution in [-0.4, -0.2) is 39.4 Å². The van der Waals surface area contributed by atoms with Gasteiger partial charge in [-0.05, 0) is 13.3 Å². The Bertz CT molecular complexity index is 154. The van der Waals surface area contributed by atoms with Crippen molar-refractivity contribution in [1.82, 2.24) is 5.32 Å². The maximum absolute atomic E-state index is 10.1. The SMILES string of the molecule is CCC(C)NC([O-])=S.NC([O-])=S.[Mg+2]. The van der Waals surface area contributed by atoms with E-state index >= 15 is 0 Å².